The highest BCUT2D eigenvalue weighted by Crippen LogP contribution is 2.13. The summed E-state index contributed by atoms with van der Waals surface area (Å²) in [7, 11) is 0. The molecule has 0 aliphatic heterocycles. The maximum atomic E-state index is 12.0. The smallest absolute Gasteiger partial charge is 0.271 e. The van der Waals surface area contributed by atoms with Crippen molar-refractivity contribution in [2.75, 3.05) is 6.61 Å². The van der Waals surface area contributed by atoms with Crippen LogP contribution < -0.4 is 10.2 Å². The minimum Gasteiger partial charge on any atom is -0.493 e. The Morgan fingerprint density at radius 3 is 2.43 bits per heavy atom. The molecule has 0 saturated carbocycles. The fourth-order valence-electron chi connectivity index (χ4n) is 1.74. The number of nitrogens with zero attached hydrogens (tertiary/aromatic N) is 1. The first-order chi connectivity index (χ1) is 11.0. The number of nitrogens with one attached hydrogen (secondary N) is 1. The molecule has 4 nitrogen and oxygen atoms in total. The van der Waals surface area contributed by atoms with Gasteiger partial charge in [-0.05, 0) is 47.9 Å². The van der Waals surface area contributed by atoms with Gasteiger partial charge in [-0.3, -0.25) is 4.79 Å². The van der Waals surface area contributed by atoms with E-state index < -0.39 is 0 Å². The van der Waals surface area contributed by atoms with E-state index in [0.29, 0.717) is 23.1 Å². The van der Waals surface area contributed by atoms with Crippen LogP contribution >= 0.6 is 11.6 Å². The lowest BCUT2D eigenvalue weighted by atomic mass is 10.2. The van der Waals surface area contributed by atoms with Gasteiger partial charge in [0.2, 0.25) is 0 Å². The van der Waals surface area contributed by atoms with Gasteiger partial charge in [-0.25, -0.2) is 5.43 Å². The van der Waals surface area contributed by atoms with Crippen molar-refractivity contribution in [3.8, 4) is 5.75 Å². The third-order valence-corrected chi connectivity index (χ3v) is 3.20. The van der Waals surface area contributed by atoms with Crippen molar-refractivity contribution in [2.45, 2.75) is 13.8 Å². The van der Waals surface area contributed by atoms with Crippen LogP contribution in [0.4, 0.5) is 0 Å². The van der Waals surface area contributed by atoms with Crippen LogP contribution in [0.25, 0.3) is 0 Å². The third-order valence-electron chi connectivity index (χ3n) is 2.95. The summed E-state index contributed by atoms with van der Waals surface area (Å²) in [6, 6.07) is 14.1. The van der Waals surface area contributed by atoms with E-state index in [1.165, 1.54) is 0 Å². The van der Waals surface area contributed by atoms with E-state index in [4.69, 9.17) is 16.3 Å². The Morgan fingerprint density at radius 2 is 1.83 bits per heavy atom. The Labute approximate surface area is 141 Å². The molecule has 2 aromatic carbocycles. The molecule has 1 N–H and O–H groups in total. The van der Waals surface area contributed by atoms with Crippen molar-refractivity contribution in [3.05, 3.63) is 64.7 Å². The fraction of sp³-hybridized carbons (Fsp3) is 0.222. The van der Waals surface area contributed by atoms with Crippen LogP contribution in [0.1, 0.15) is 29.8 Å². The number of ether oxygens (including phenoxy) is 1. The van der Waals surface area contributed by atoms with Gasteiger partial charge in [0.05, 0.1) is 12.8 Å². The van der Waals surface area contributed by atoms with E-state index >= 15 is 0 Å². The molecule has 0 fully saturated rings. The van der Waals surface area contributed by atoms with Gasteiger partial charge >= 0.3 is 0 Å². The van der Waals surface area contributed by atoms with Crippen LogP contribution in [0, 0.1) is 5.92 Å². The van der Waals surface area contributed by atoms with Crippen LogP contribution in [-0.2, 0) is 0 Å². The summed E-state index contributed by atoms with van der Waals surface area (Å²) >= 11 is 5.80. The van der Waals surface area contributed by atoms with E-state index in [1.54, 1.807) is 42.6 Å². The molecule has 0 radical (unpaired) electrons. The molecule has 0 aliphatic carbocycles. The number of halogens is 1. The topological polar surface area (TPSA) is 50.7 Å². The van der Waals surface area contributed by atoms with Gasteiger partial charge in [-0.1, -0.05) is 37.6 Å². The molecule has 2 aromatic rings. The maximum absolute atomic E-state index is 12.0. The molecular formula is C18H19ClN2O2. The second kappa shape index (κ2) is 8.34. The summed E-state index contributed by atoms with van der Waals surface area (Å²) in [5.74, 6) is 0.936. The quantitative estimate of drug-likeness (QED) is 0.639. The average Bonchev–Trinajstić information content (AvgIpc) is 2.55. The standard InChI is InChI=1S/C18H19ClN2O2/c1-13(2)12-23-17-9-5-15(6-10-17)18(22)21-20-11-14-3-7-16(19)8-4-14/h3-11,13H,12H2,1-2H3,(H,21,22)/b20-11+. The zero-order chi connectivity index (χ0) is 16.7. The molecule has 0 aromatic heterocycles. The number of rotatable bonds is 6. The first-order valence-electron chi connectivity index (χ1n) is 7.36. The molecule has 0 bridgehead atoms. The largest absolute Gasteiger partial charge is 0.493 e. The van der Waals surface area contributed by atoms with Crippen LogP contribution in [-0.4, -0.2) is 18.7 Å². The van der Waals surface area contributed by atoms with Gasteiger partial charge in [0.1, 0.15) is 5.75 Å². The van der Waals surface area contributed by atoms with Crippen molar-refractivity contribution in [1.29, 1.82) is 0 Å². The molecule has 5 heteroatoms. The Bertz CT molecular complexity index is 664. The number of benzene rings is 2. The van der Waals surface area contributed by atoms with Crippen LogP contribution in [0.2, 0.25) is 5.02 Å². The number of amides is 1. The molecule has 2 rings (SSSR count). The lowest BCUT2D eigenvalue weighted by Crippen LogP contribution is -2.17. The molecule has 0 saturated heterocycles. The summed E-state index contributed by atoms with van der Waals surface area (Å²) in [6.45, 7) is 4.82. The molecule has 0 spiro atoms. The minimum atomic E-state index is -0.273. The van der Waals surface area contributed by atoms with Crippen LogP contribution in [0.5, 0.6) is 5.75 Å². The first kappa shape index (κ1) is 17.0. The summed E-state index contributed by atoms with van der Waals surface area (Å²) in [4.78, 5) is 12.0. The Balaban J connectivity index is 1.89. The maximum Gasteiger partial charge on any atom is 0.271 e. The molecule has 120 valence electrons. The lowest BCUT2D eigenvalue weighted by molar-refractivity contribution is 0.0955. The number of carbonyl (C=O) groups excluding carboxylic acids is 1. The van der Waals surface area contributed by atoms with Gasteiger partial charge in [-0.15, -0.1) is 0 Å². The van der Waals surface area contributed by atoms with E-state index in [9.17, 15) is 4.79 Å². The average molecular weight is 331 g/mol. The molecule has 1 amide bonds. The summed E-state index contributed by atoms with van der Waals surface area (Å²) in [5, 5.41) is 4.59. The second-order valence-corrected chi connectivity index (χ2v) is 5.92. The zero-order valence-electron chi connectivity index (χ0n) is 13.1. The predicted octanol–water partition coefficient (Wildman–Crippen LogP) is 4.14. The molecular weight excluding hydrogens is 312 g/mol. The third kappa shape index (κ3) is 5.75. The minimum absolute atomic E-state index is 0.273. The highest BCUT2D eigenvalue weighted by atomic mass is 35.5. The first-order valence-corrected chi connectivity index (χ1v) is 7.74. The van der Waals surface area contributed by atoms with Crippen molar-refractivity contribution in [1.82, 2.24) is 5.43 Å². The van der Waals surface area contributed by atoms with E-state index in [0.717, 1.165) is 11.3 Å². The molecule has 0 unspecified atom stereocenters. The Kier molecular flexibility index (Phi) is 6.18. The van der Waals surface area contributed by atoms with Gasteiger partial charge in [0, 0.05) is 10.6 Å². The van der Waals surface area contributed by atoms with Crippen molar-refractivity contribution < 1.29 is 9.53 Å². The van der Waals surface area contributed by atoms with Crippen LogP contribution in [0.15, 0.2) is 53.6 Å². The van der Waals surface area contributed by atoms with Gasteiger partial charge < -0.3 is 4.74 Å². The molecule has 0 aliphatic rings. The summed E-state index contributed by atoms with van der Waals surface area (Å²) < 4.78 is 5.58. The van der Waals surface area contributed by atoms with E-state index in [2.05, 4.69) is 24.4 Å². The zero-order valence-corrected chi connectivity index (χ0v) is 13.9. The molecule has 0 heterocycles. The van der Waals surface area contributed by atoms with E-state index in [1.807, 2.05) is 12.1 Å². The van der Waals surface area contributed by atoms with Gasteiger partial charge in [0.15, 0.2) is 0 Å². The lowest BCUT2D eigenvalue weighted by Gasteiger charge is -2.08. The number of hydrazone groups is 1. The predicted molar refractivity (Wildman–Crippen MR) is 93.3 cm³/mol. The van der Waals surface area contributed by atoms with E-state index in [-0.39, 0.29) is 5.91 Å². The number of hydrogen-bond donors (Lipinski definition) is 1. The summed E-state index contributed by atoms with van der Waals surface area (Å²) in [6.07, 6.45) is 1.56. The van der Waals surface area contributed by atoms with Crippen molar-refractivity contribution in [2.24, 2.45) is 11.0 Å². The monoisotopic (exact) mass is 330 g/mol. The SMILES string of the molecule is CC(C)COc1ccc(C(=O)N/N=C/c2ccc(Cl)cc2)cc1. The Hall–Kier alpha value is -2.33. The number of carbonyl (C=O) groups is 1. The molecule has 23 heavy (non-hydrogen) atoms. The summed E-state index contributed by atoms with van der Waals surface area (Å²) in [5.41, 5.74) is 3.87. The normalized spacial score (nSPS) is 11.0. The van der Waals surface area contributed by atoms with Crippen molar-refractivity contribution in [3.63, 3.8) is 0 Å². The second-order valence-electron chi connectivity index (χ2n) is 5.48. The highest BCUT2D eigenvalue weighted by Gasteiger charge is 2.04. The highest BCUT2D eigenvalue weighted by molar-refractivity contribution is 6.30. The molecule has 0 atom stereocenters. The van der Waals surface area contributed by atoms with Gasteiger partial charge in [-0.2, -0.15) is 5.10 Å². The fourth-order valence-corrected chi connectivity index (χ4v) is 1.87. The number of hydrogen-bond acceptors (Lipinski definition) is 3. The Morgan fingerprint density at radius 1 is 1.17 bits per heavy atom. The van der Waals surface area contributed by atoms with Gasteiger partial charge in [0.25, 0.3) is 5.91 Å². The van der Waals surface area contributed by atoms with Crippen LogP contribution in [0.3, 0.4) is 0 Å². The van der Waals surface area contributed by atoms with Crippen molar-refractivity contribution >= 4 is 23.7 Å².